The Hall–Kier alpha value is -2.32. The number of nitrogens with two attached hydrogens (primary N) is 1. The monoisotopic (exact) mass is 466 g/mol. The summed E-state index contributed by atoms with van der Waals surface area (Å²) in [6.07, 6.45) is 3.68. The first-order valence-corrected chi connectivity index (χ1v) is 11.1. The number of piperidine rings is 2. The Morgan fingerprint density at radius 1 is 1.16 bits per heavy atom. The number of carbonyl (C=O) groups excluding carboxylic acids is 1. The molecule has 1 aromatic carbocycles. The van der Waals surface area contributed by atoms with Crippen LogP contribution in [0.25, 0.3) is 0 Å². The lowest BCUT2D eigenvalue weighted by molar-refractivity contribution is -0.138. The molecule has 0 spiro atoms. The molecule has 1 aromatic heterocycles. The van der Waals surface area contributed by atoms with Crippen LogP contribution < -0.4 is 16.0 Å². The molecule has 31 heavy (non-hydrogen) atoms. The van der Waals surface area contributed by atoms with Gasteiger partial charge in [-0.15, -0.1) is 0 Å². The number of aromatic nitrogens is 2. The standard InChI is InChI=1S/C21H25Cl2FN6O/c1-12-4-6-29(20-18(24)19(25)26-11-27-20)10-17(12)30-5-2-3-16(21(30)31)28-15-8-13(22)7-14(23)9-15/h7-9,11-12,16-17,28H,2-6,10H2,1H3,(H2,25,26,27)/t12-,16+,17-/m0/s1. The van der Waals surface area contributed by atoms with Gasteiger partial charge in [-0.3, -0.25) is 4.79 Å². The van der Waals surface area contributed by atoms with E-state index < -0.39 is 5.82 Å². The van der Waals surface area contributed by atoms with Gasteiger partial charge < -0.3 is 20.9 Å². The summed E-state index contributed by atoms with van der Waals surface area (Å²) in [6, 6.07) is 4.75. The first-order chi connectivity index (χ1) is 14.8. The summed E-state index contributed by atoms with van der Waals surface area (Å²) in [5, 5.41) is 4.31. The van der Waals surface area contributed by atoms with Gasteiger partial charge in [0.05, 0.1) is 6.04 Å². The molecule has 166 valence electrons. The van der Waals surface area contributed by atoms with E-state index in [0.717, 1.165) is 24.9 Å². The molecule has 3 N–H and O–H groups in total. The highest BCUT2D eigenvalue weighted by Gasteiger charge is 2.39. The smallest absolute Gasteiger partial charge is 0.245 e. The Bertz CT molecular complexity index is 957. The van der Waals surface area contributed by atoms with Crippen LogP contribution in [0.4, 0.5) is 21.7 Å². The third kappa shape index (κ3) is 4.65. The van der Waals surface area contributed by atoms with Gasteiger partial charge in [-0.1, -0.05) is 30.1 Å². The Kier molecular flexibility index (Phi) is 6.39. The van der Waals surface area contributed by atoms with Crippen molar-refractivity contribution in [3.05, 3.63) is 40.4 Å². The van der Waals surface area contributed by atoms with E-state index in [0.29, 0.717) is 29.7 Å². The molecule has 0 bridgehead atoms. The molecule has 0 unspecified atom stereocenters. The average molecular weight is 467 g/mol. The zero-order valence-corrected chi connectivity index (χ0v) is 18.7. The minimum Gasteiger partial charge on any atom is -0.381 e. The fraction of sp³-hybridized carbons (Fsp3) is 0.476. The van der Waals surface area contributed by atoms with Crippen LogP contribution in [0.2, 0.25) is 10.0 Å². The topological polar surface area (TPSA) is 87.4 Å². The Morgan fingerprint density at radius 2 is 1.90 bits per heavy atom. The molecule has 2 fully saturated rings. The van der Waals surface area contributed by atoms with E-state index in [-0.39, 0.29) is 35.5 Å². The predicted molar refractivity (Wildman–Crippen MR) is 121 cm³/mol. The van der Waals surface area contributed by atoms with Crippen molar-refractivity contribution in [3.8, 4) is 0 Å². The second-order valence-electron chi connectivity index (χ2n) is 8.20. The van der Waals surface area contributed by atoms with Crippen LogP contribution in [0.15, 0.2) is 24.5 Å². The van der Waals surface area contributed by atoms with Crippen LogP contribution in [0.1, 0.15) is 26.2 Å². The van der Waals surface area contributed by atoms with Crippen LogP contribution in [0.5, 0.6) is 0 Å². The largest absolute Gasteiger partial charge is 0.381 e. The van der Waals surface area contributed by atoms with Gasteiger partial charge in [-0.25, -0.2) is 9.97 Å². The van der Waals surface area contributed by atoms with Crippen molar-refractivity contribution in [2.45, 2.75) is 38.3 Å². The number of hydrogen-bond acceptors (Lipinski definition) is 6. The van der Waals surface area contributed by atoms with Gasteiger partial charge in [-0.2, -0.15) is 4.39 Å². The highest BCUT2D eigenvalue weighted by atomic mass is 35.5. The number of amides is 1. The van der Waals surface area contributed by atoms with Gasteiger partial charge in [0.15, 0.2) is 11.6 Å². The van der Waals surface area contributed by atoms with Crippen molar-refractivity contribution < 1.29 is 9.18 Å². The van der Waals surface area contributed by atoms with Crippen molar-refractivity contribution in [3.63, 3.8) is 0 Å². The fourth-order valence-corrected chi connectivity index (χ4v) is 4.97. The van der Waals surface area contributed by atoms with E-state index in [4.69, 9.17) is 28.9 Å². The SMILES string of the molecule is C[C@H]1CCN(c2ncnc(N)c2F)C[C@@H]1N1CCC[C@@H](Nc2cc(Cl)cc(Cl)c2)C1=O. The van der Waals surface area contributed by atoms with E-state index in [1.54, 1.807) is 18.2 Å². The lowest BCUT2D eigenvalue weighted by atomic mass is 9.89. The molecule has 0 saturated carbocycles. The summed E-state index contributed by atoms with van der Waals surface area (Å²) in [6.45, 7) is 3.95. The number of nitrogen functional groups attached to an aromatic ring is 1. The summed E-state index contributed by atoms with van der Waals surface area (Å²) in [7, 11) is 0. The van der Waals surface area contributed by atoms with Gasteiger partial charge in [-0.05, 0) is 43.4 Å². The number of hydrogen-bond donors (Lipinski definition) is 2. The van der Waals surface area contributed by atoms with Gasteiger partial charge in [0, 0.05) is 35.4 Å². The average Bonchev–Trinajstić information content (AvgIpc) is 2.72. The van der Waals surface area contributed by atoms with Crippen molar-refractivity contribution in [2.24, 2.45) is 5.92 Å². The minimum absolute atomic E-state index is 0.0312. The van der Waals surface area contributed by atoms with Crippen molar-refractivity contribution >= 4 is 46.4 Å². The second kappa shape index (κ2) is 9.04. The number of nitrogens with one attached hydrogen (secondary N) is 1. The molecule has 0 aliphatic carbocycles. The molecule has 7 nitrogen and oxygen atoms in total. The van der Waals surface area contributed by atoms with Crippen molar-refractivity contribution in [1.29, 1.82) is 0 Å². The van der Waals surface area contributed by atoms with Crippen LogP contribution in [-0.2, 0) is 4.79 Å². The number of carbonyl (C=O) groups is 1. The van der Waals surface area contributed by atoms with E-state index in [1.165, 1.54) is 6.33 Å². The van der Waals surface area contributed by atoms with E-state index >= 15 is 0 Å². The highest BCUT2D eigenvalue weighted by molar-refractivity contribution is 6.35. The van der Waals surface area contributed by atoms with Gasteiger partial charge in [0.1, 0.15) is 12.4 Å². The number of rotatable bonds is 4. The number of nitrogens with zero attached hydrogens (tertiary/aromatic N) is 4. The van der Waals surface area contributed by atoms with Gasteiger partial charge >= 0.3 is 0 Å². The lowest BCUT2D eigenvalue weighted by Gasteiger charge is -2.46. The molecule has 3 heterocycles. The summed E-state index contributed by atoms with van der Waals surface area (Å²) >= 11 is 12.2. The zero-order chi connectivity index (χ0) is 22.1. The molecule has 0 radical (unpaired) electrons. The maximum absolute atomic E-state index is 14.5. The fourth-order valence-electron chi connectivity index (χ4n) is 4.44. The summed E-state index contributed by atoms with van der Waals surface area (Å²) in [4.78, 5) is 24.9. The second-order valence-corrected chi connectivity index (χ2v) is 9.08. The van der Waals surface area contributed by atoms with Crippen molar-refractivity contribution in [1.82, 2.24) is 14.9 Å². The van der Waals surface area contributed by atoms with Crippen LogP contribution >= 0.6 is 23.2 Å². The quantitative estimate of drug-likeness (QED) is 0.711. The number of likely N-dealkylation sites (tertiary alicyclic amines) is 1. The highest BCUT2D eigenvalue weighted by Crippen LogP contribution is 2.31. The Balaban J connectivity index is 1.51. The maximum atomic E-state index is 14.5. The number of anilines is 3. The molecule has 10 heteroatoms. The van der Waals surface area contributed by atoms with Crippen LogP contribution in [0.3, 0.4) is 0 Å². The first-order valence-electron chi connectivity index (χ1n) is 10.4. The minimum atomic E-state index is -0.613. The molecule has 2 aromatic rings. The Morgan fingerprint density at radius 3 is 2.65 bits per heavy atom. The summed E-state index contributed by atoms with van der Waals surface area (Å²) in [5.41, 5.74) is 6.34. The van der Waals surface area contributed by atoms with Gasteiger partial charge in [0.25, 0.3) is 0 Å². The van der Waals surface area contributed by atoms with E-state index in [9.17, 15) is 9.18 Å². The van der Waals surface area contributed by atoms with Crippen LogP contribution in [-0.4, -0.2) is 52.5 Å². The molecule has 2 aliphatic heterocycles. The lowest BCUT2D eigenvalue weighted by Crippen LogP contribution is -2.59. The number of benzene rings is 1. The van der Waals surface area contributed by atoms with Crippen molar-refractivity contribution in [2.75, 3.05) is 35.6 Å². The third-order valence-electron chi connectivity index (χ3n) is 6.09. The predicted octanol–water partition coefficient (Wildman–Crippen LogP) is 3.82. The third-order valence-corrected chi connectivity index (χ3v) is 6.53. The maximum Gasteiger partial charge on any atom is 0.245 e. The summed E-state index contributed by atoms with van der Waals surface area (Å²) < 4.78 is 14.5. The molecule has 4 rings (SSSR count). The molecule has 2 aliphatic rings. The van der Waals surface area contributed by atoms with Gasteiger partial charge in [0.2, 0.25) is 11.7 Å². The molecule has 2 saturated heterocycles. The number of halogens is 3. The first kappa shape index (κ1) is 21.9. The molecular formula is C21H25Cl2FN6O. The molecule has 1 amide bonds. The summed E-state index contributed by atoms with van der Waals surface area (Å²) in [5.74, 6) is -0.278. The molecular weight excluding hydrogens is 442 g/mol. The van der Waals surface area contributed by atoms with E-state index in [2.05, 4.69) is 22.2 Å². The van der Waals surface area contributed by atoms with Crippen LogP contribution in [0, 0.1) is 11.7 Å². The molecule has 3 atom stereocenters. The Labute approximate surface area is 190 Å². The van der Waals surface area contributed by atoms with E-state index in [1.807, 2.05) is 9.80 Å². The normalized spacial score (nSPS) is 24.4. The zero-order valence-electron chi connectivity index (χ0n) is 17.2.